The van der Waals surface area contributed by atoms with Crippen LogP contribution in [0, 0.1) is 0 Å². The van der Waals surface area contributed by atoms with Gasteiger partial charge in [-0.25, -0.2) is 9.50 Å². The van der Waals surface area contributed by atoms with Crippen molar-refractivity contribution < 1.29 is 4.79 Å². The number of nitrogens with zero attached hydrogens (tertiary/aromatic N) is 6. The summed E-state index contributed by atoms with van der Waals surface area (Å²) >= 11 is 0. The first-order valence-electron chi connectivity index (χ1n) is 9.61. The zero-order chi connectivity index (χ0) is 20.0. The van der Waals surface area contributed by atoms with Crippen molar-refractivity contribution in [2.75, 3.05) is 45.6 Å². The van der Waals surface area contributed by atoms with Crippen LogP contribution in [0.2, 0.25) is 0 Å². The average molecular weight is 390 g/mol. The molecule has 9 heteroatoms. The molecule has 1 aliphatic heterocycles. The highest BCUT2D eigenvalue weighted by Crippen LogP contribution is 2.29. The molecule has 1 saturated heterocycles. The van der Waals surface area contributed by atoms with Gasteiger partial charge >= 0.3 is 0 Å². The van der Waals surface area contributed by atoms with Crippen LogP contribution in [0.25, 0.3) is 27.7 Å². The molecule has 0 unspecified atom stereocenters. The van der Waals surface area contributed by atoms with Gasteiger partial charge in [-0.1, -0.05) is 0 Å². The smallest absolute Gasteiger partial charge is 0.257 e. The number of pyridine rings is 1. The fourth-order valence-corrected chi connectivity index (χ4v) is 3.76. The number of likely N-dealkylation sites (N-methyl/N-ethyl adjacent to an activating group) is 1. The molecule has 2 N–H and O–H groups in total. The number of fused-ring (bicyclic) bond motifs is 2. The lowest BCUT2D eigenvalue weighted by Gasteiger charge is -2.32. The lowest BCUT2D eigenvalue weighted by Crippen LogP contribution is -2.47. The van der Waals surface area contributed by atoms with Crippen LogP contribution in [0.4, 0.5) is 5.95 Å². The standard InChI is InChI=1S/C20H22N8O/c1-21-20-23-11-15-14(10-22-18(15)25-20)13-3-4-28-17(9-13)16(12-24-28)19(29)27-7-5-26(2)6-8-27/h3-4,9-12H,5-8H2,1-2H3,(H2,21,22,23,25). The minimum absolute atomic E-state index is 0.0335. The van der Waals surface area contributed by atoms with Gasteiger partial charge < -0.3 is 20.1 Å². The second-order valence-electron chi connectivity index (χ2n) is 7.31. The first-order valence-corrected chi connectivity index (χ1v) is 9.61. The molecule has 148 valence electrons. The lowest BCUT2D eigenvalue weighted by atomic mass is 10.1. The van der Waals surface area contributed by atoms with Crippen LogP contribution in [-0.2, 0) is 0 Å². The summed E-state index contributed by atoms with van der Waals surface area (Å²) in [5.41, 5.74) is 4.17. The van der Waals surface area contributed by atoms with E-state index in [-0.39, 0.29) is 5.91 Å². The molecule has 0 atom stereocenters. The third kappa shape index (κ3) is 2.99. The van der Waals surface area contributed by atoms with Crippen LogP contribution in [0.1, 0.15) is 10.4 Å². The molecule has 0 saturated carbocycles. The molecule has 5 heterocycles. The van der Waals surface area contributed by atoms with Crippen molar-refractivity contribution in [3.8, 4) is 11.1 Å². The molecular formula is C20H22N8O. The van der Waals surface area contributed by atoms with E-state index >= 15 is 0 Å². The normalized spacial score (nSPS) is 15.3. The number of carbonyl (C=O) groups is 1. The molecule has 29 heavy (non-hydrogen) atoms. The maximum atomic E-state index is 13.1. The van der Waals surface area contributed by atoms with Crippen molar-refractivity contribution in [2.45, 2.75) is 0 Å². The maximum Gasteiger partial charge on any atom is 0.257 e. The van der Waals surface area contributed by atoms with Gasteiger partial charge in [-0.2, -0.15) is 10.1 Å². The zero-order valence-corrected chi connectivity index (χ0v) is 16.4. The quantitative estimate of drug-likeness (QED) is 0.553. The minimum Gasteiger partial charge on any atom is -0.357 e. The van der Waals surface area contributed by atoms with E-state index in [1.165, 1.54) is 0 Å². The van der Waals surface area contributed by atoms with Gasteiger partial charge in [0, 0.05) is 62.8 Å². The van der Waals surface area contributed by atoms with E-state index in [4.69, 9.17) is 0 Å². The monoisotopic (exact) mass is 390 g/mol. The topological polar surface area (TPSA) is 94.5 Å². The number of aromatic nitrogens is 5. The molecule has 0 radical (unpaired) electrons. The molecule has 0 aromatic carbocycles. The van der Waals surface area contributed by atoms with Gasteiger partial charge in [-0.15, -0.1) is 0 Å². The summed E-state index contributed by atoms with van der Waals surface area (Å²) in [4.78, 5) is 29.2. The van der Waals surface area contributed by atoms with Crippen molar-refractivity contribution in [3.05, 3.63) is 42.5 Å². The minimum atomic E-state index is 0.0335. The molecule has 9 nitrogen and oxygen atoms in total. The number of nitrogens with one attached hydrogen (secondary N) is 2. The third-order valence-corrected chi connectivity index (χ3v) is 5.51. The fraction of sp³-hybridized carbons (Fsp3) is 0.300. The molecule has 4 aromatic rings. The largest absolute Gasteiger partial charge is 0.357 e. The van der Waals surface area contributed by atoms with E-state index in [9.17, 15) is 4.79 Å². The highest BCUT2D eigenvalue weighted by atomic mass is 16.2. The molecular weight excluding hydrogens is 368 g/mol. The van der Waals surface area contributed by atoms with Gasteiger partial charge in [0.05, 0.1) is 17.3 Å². The number of carbonyl (C=O) groups excluding carboxylic acids is 1. The SMILES string of the molecule is CNc1ncc2c(-c3ccn4ncc(C(=O)N5CCN(C)CC5)c4c3)c[nH]c2n1. The summed E-state index contributed by atoms with van der Waals surface area (Å²) in [6, 6.07) is 3.99. The highest BCUT2D eigenvalue weighted by molar-refractivity contribution is 6.02. The summed E-state index contributed by atoms with van der Waals surface area (Å²) in [6.45, 7) is 3.25. The maximum absolute atomic E-state index is 13.1. The third-order valence-electron chi connectivity index (χ3n) is 5.51. The Bertz CT molecular complexity index is 1200. The van der Waals surface area contributed by atoms with Crippen molar-refractivity contribution in [2.24, 2.45) is 0 Å². The number of anilines is 1. The van der Waals surface area contributed by atoms with E-state index in [0.29, 0.717) is 11.5 Å². The molecule has 1 aliphatic rings. The second-order valence-corrected chi connectivity index (χ2v) is 7.31. The van der Waals surface area contributed by atoms with Gasteiger partial charge in [0.2, 0.25) is 5.95 Å². The number of piperazine rings is 1. The van der Waals surface area contributed by atoms with Gasteiger partial charge in [-0.3, -0.25) is 4.79 Å². The van der Waals surface area contributed by atoms with E-state index in [2.05, 4.69) is 37.3 Å². The van der Waals surface area contributed by atoms with Crippen molar-refractivity contribution in [1.29, 1.82) is 0 Å². The van der Waals surface area contributed by atoms with Gasteiger partial charge in [0.15, 0.2) is 0 Å². The lowest BCUT2D eigenvalue weighted by molar-refractivity contribution is 0.0666. The number of aromatic amines is 1. The molecule has 1 amide bonds. The zero-order valence-electron chi connectivity index (χ0n) is 16.4. The fourth-order valence-electron chi connectivity index (χ4n) is 3.76. The van der Waals surface area contributed by atoms with E-state index < -0.39 is 0 Å². The molecule has 4 aromatic heterocycles. The Balaban J connectivity index is 1.54. The summed E-state index contributed by atoms with van der Waals surface area (Å²) < 4.78 is 1.75. The summed E-state index contributed by atoms with van der Waals surface area (Å²) in [5, 5.41) is 8.25. The van der Waals surface area contributed by atoms with E-state index in [1.54, 1.807) is 24.0 Å². The van der Waals surface area contributed by atoms with Crippen molar-refractivity contribution in [3.63, 3.8) is 0 Å². The van der Waals surface area contributed by atoms with Crippen LogP contribution in [0.3, 0.4) is 0 Å². The number of amides is 1. The number of hydrogen-bond acceptors (Lipinski definition) is 6. The van der Waals surface area contributed by atoms with Gasteiger partial charge in [0.25, 0.3) is 5.91 Å². The molecule has 5 rings (SSSR count). The van der Waals surface area contributed by atoms with Crippen LogP contribution in [0.5, 0.6) is 0 Å². The first kappa shape index (κ1) is 17.6. The second kappa shape index (κ2) is 6.85. The Morgan fingerprint density at radius 3 is 2.83 bits per heavy atom. The van der Waals surface area contributed by atoms with Crippen LogP contribution >= 0.6 is 0 Å². The number of H-pyrrole nitrogens is 1. The number of hydrogen-bond donors (Lipinski definition) is 2. The first-order chi connectivity index (χ1) is 14.1. The summed E-state index contributed by atoms with van der Waals surface area (Å²) in [7, 11) is 3.87. The van der Waals surface area contributed by atoms with E-state index in [1.807, 2.05) is 29.4 Å². The predicted octanol–water partition coefficient (Wildman–Crippen LogP) is 1.70. The van der Waals surface area contributed by atoms with Crippen LogP contribution in [0.15, 0.2) is 36.9 Å². The Kier molecular flexibility index (Phi) is 4.17. The van der Waals surface area contributed by atoms with Gasteiger partial charge in [-0.05, 0) is 24.7 Å². The molecule has 0 spiro atoms. The number of rotatable bonds is 3. The Hall–Kier alpha value is -3.46. The Morgan fingerprint density at radius 1 is 1.21 bits per heavy atom. The Labute approximate surface area is 167 Å². The molecule has 0 aliphatic carbocycles. The average Bonchev–Trinajstić information content (AvgIpc) is 3.37. The van der Waals surface area contributed by atoms with E-state index in [0.717, 1.165) is 53.9 Å². The highest BCUT2D eigenvalue weighted by Gasteiger charge is 2.23. The summed E-state index contributed by atoms with van der Waals surface area (Å²) in [5.74, 6) is 0.600. The van der Waals surface area contributed by atoms with Crippen LogP contribution in [-0.4, -0.2) is 80.5 Å². The summed E-state index contributed by atoms with van der Waals surface area (Å²) in [6.07, 6.45) is 7.27. The van der Waals surface area contributed by atoms with Crippen LogP contribution < -0.4 is 5.32 Å². The van der Waals surface area contributed by atoms with Gasteiger partial charge in [0.1, 0.15) is 5.65 Å². The van der Waals surface area contributed by atoms with Crippen molar-refractivity contribution >= 4 is 28.4 Å². The Morgan fingerprint density at radius 2 is 2.03 bits per heavy atom. The van der Waals surface area contributed by atoms with Crippen molar-refractivity contribution in [1.82, 2.24) is 34.4 Å². The molecule has 1 fully saturated rings. The predicted molar refractivity (Wildman–Crippen MR) is 111 cm³/mol. The molecule has 0 bridgehead atoms.